The average molecular weight is 276 g/mol. The Hall–Kier alpha value is -2.03. The Bertz CT molecular complexity index is 680. The topological polar surface area (TPSA) is 71.0 Å². The molecular formula is C14H20N4O2. The van der Waals surface area contributed by atoms with Crippen LogP contribution in [0.25, 0.3) is 0 Å². The first-order valence-electron chi connectivity index (χ1n) is 6.85. The third-order valence-corrected chi connectivity index (χ3v) is 4.14. The van der Waals surface area contributed by atoms with Crippen molar-refractivity contribution in [3.8, 4) is 6.07 Å². The first-order chi connectivity index (χ1) is 9.38. The highest BCUT2D eigenvalue weighted by atomic mass is 16.2. The van der Waals surface area contributed by atoms with Crippen LogP contribution in [0.2, 0.25) is 0 Å². The van der Waals surface area contributed by atoms with Crippen LogP contribution in [0.4, 0.5) is 5.82 Å². The van der Waals surface area contributed by atoms with Gasteiger partial charge in [0.25, 0.3) is 5.56 Å². The van der Waals surface area contributed by atoms with E-state index in [1.165, 1.54) is 11.6 Å². The fraction of sp³-hybridized carbons (Fsp3) is 0.643. The lowest BCUT2D eigenvalue weighted by molar-refractivity contribution is 0.383. The second-order valence-corrected chi connectivity index (χ2v) is 5.70. The van der Waals surface area contributed by atoms with Crippen LogP contribution in [0.15, 0.2) is 9.59 Å². The summed E-state index contributed by atoms with van der Waals surface area (Å²) >= 11 is 0. The zero-order chi connectivity index (χ0) is 15.0. The molecule has 1 aromatic heterocycles. The second kappa shape index (κ2) is 5.16. The molecule has 2 rings (SSSR count). The molecule has 1 aliphatic heterocycles. The van der Waals surface area contributed by atoms with Gasteiger partial charge in [-0.1, -0.05) is 6.92 Å². The molecule has 6 nitrogen and oxygen atoms in total. The molecule has 1 fully saturated rings. The van der Waals surface area contributed by atoms with E-state index in [2.05, 4.69) is 13.8 Å². The van der Waals surface area contributed by atoms with Crippen molar-refractivity contribution in [1.29, 1.82) is 5.26 Å². The summed E-state index contributed by atoms with van der Waals surface area (Å²) in [5.74, 6) is 0.941. The number of hydrogen-bond donors (Lipinski definition) is 0. The van der Waals surface area contributed by atoms with Gasteiger partial charge in [0.15, 0.2) is 5.56 Å². The van der Waals surface area contributed by atoms with Crippen LogP contribution in [0.1, 0.15) is 32.3 Å². The maximum absolute atomic E-state index is 12.1. The number of rotatable bonds is 1. The lowest BCUT2D eigenvalue weighted by Crippen LogP contribution is -2.48. The summed E-state index contributed by atoms with van der Waals surface area (Å²) in [5, 5.41) is 9.32. The summed E-state index contributed by atoms with van der Waals surface area (Å²) in [6.45, 7) is 4.97. The third kappa shape index (κ3) is 2.13. The monoisotopic (exact) mass is 276 g/mol. The molecule has 2 unspecified atom stereocenters. The van der Waals surface area contributed by atoms with Gasteiger partial charge in [0.2, 0.25) is 0 Å². The van der Waals surface area contributed by atoms with Crippen LogP contribution >= 0.6 is 0 Å². The van der Waals surface area contributed by atoms with Gasteiger partial charge in [-0.3, -0.25) is 13.9 Å². The average Bonchev–Trinajstić information content (AvgIpc) is 2.43. The van der Waals surface area contributed by atoms with E-state index < -0.39 is 11.2 Å². The van der Waals surface area contributed by atoms with Crippen molar-refractivity contribution in [3.05, 3.63) is 26.4 Å². The van der Waals surface area contributed by atoms with Gasteiger partial charge < -0.3 is 4.90 Å². The molecular weight excluding hydrogens is 256 g/mol. The van der Waals surface area contributed by atoms with Crippen molar-refractivity contribution < 1.29 is 0 Å². The molecule has 0 saturated carbocycles. The van der Waals surface area contributed by atoms with Crippen molar-refractivity contribution in [1.82, 2.24) is 9.13 Å². The highest BCUT2D eigenvalue weighted by Crippen LogP contribution is 2.27. The predicted molar refractivity (Wildman–Crippen MR) is 76.8 cm³/mol. The number of aromatic nitrogens is 2. The number of nitriles is 1. The minimum atomic E-state index is -0.518. The van der Waals surface area contributed by atoms with E-state index in [0.29, 0.717) is 11.7 Å². The number of nitrogens with zero attached hydrogens (tertiary/aromatic N) is 4. The predicted octanol–water partition coefficient (Wildman–Crippen LogP) is 0.580. The smallest absolute Gasteiger partial charge is 0.332 e. The minimum absolute atomic E-state index is 0.0514. The zero-order valence-corrected chi connectivity index (χ0v) is 12.4. The Morgan fingerprint density at radius 1 is 1.15 bits per heavy atom. The molecule has 1 aliphatic rings. The largest absolute Gasteiger partial charge is 0.354 e. The summed E-state index contributed by atoms with van der Waals surface area (Å²) in [4.78, 5) is 26.2. The molecule has 1 saturated heterocycles. The Kier molecular flexibility index (Phi) is 3.71. The van der Waals surface area contributed by atoms with Gasteiger partial charge in [0.1, 0.15) is 11.9 Å². The molecule has 1 aromatic rings. The lowest BCUT2D eigenvalue weighted by atomic mass is 9.95. The highest BCUT2D eigenvalue weighted by molar-refractivity contribution is 5.54. The first kappa shape index (κ1) is 14.4. The number of anilines is 1. The van der Waals surface area contributed by atoms with Gasteiger partial charge in [-0.25, -0.2) is 4.79 Å². The Morgan fingerprint density at radius 2 is 1.80 bits per heavy atom. The van der Waals surface area contributed by atoms with Crippen LogP contribution in [-0.2, 0) is 14.1 Å². The normalized spacial score (nSPS) is 22.6. The van der Waals surface area contributed by atoms with Gasteiger partial charge in [0.05, 0.1) is 0 Å². The zero-order valence-electron chi connectivity index (χ0n) is 12.4. The van der Waals surface area contributed by atoms with Gasteiger partial charge in [-0.15, -0.1) is 0 Å². The molecule has 108 valence electrons. The summed E-state index contributed by atoms with van der Waals surface area (Å²) in [5.41, 5.74) is -0.860. The maximum Gasteiger partial charge on any atom is 0.332 e. The molecule has 0 N–H and O–H groups in total. The molecule has 0 amide bonds. The van der Waals surface area contributed by atoms with E-state index in [1.807, 2.05) is 11.0 Å². The molecule has 0 bridgehead atoms. The standard InChI is InChI=1S/C14H20N4O2/c1-9-5-6-10(2)18(8-9)12-11(7-15)13(19)17(4)14(20)16(12)3/h9-10H,5-6,8H2,1-4H3. The van der Waals surface area contributed by atoms with E-state index in [-0.39, 0.29) is 11.6 Å². The molecule has 0 aromatic carbocycles. The van der Waals surface area contributed by atoms with E-state index in [9.17, 15) is 14.9 Å². The van der Waals surface area contributed by atoms with Crippen molar-refractivity contribution >= 4 is 5.82 Å². The third-order valence-electron chi connectivity index (χ3n) is 4.14. The maximum atomic E-state index is 12.1. The van der Waals surface area contributed by atoms with Crippen LogP contribution in [-0.4, -0.2) is 21.7 Å². The molecule has 2 atom stereocenters. The van der Waals surface area contributed by atoms with Gasteiger partial charge >= 0.3 is 5.69 Å². The van der Waals surface area contributed by atoms with Crippen LogP contribution in [0.3, 0.4) is 0 Å². The van der Waals surface area contributed by atoms with E-state index in [0.717, 1.165) is 24.0 Å². The molecule has 0 aliphatic carbocycles. The first-order valence-corrected chi connectivity index (χ1v) is 6.85. The van der Waals surface area contributed by atoms with Crippen LogP contribution in [0, 0.1) is 17.2 Å². The quantitative estimate of drug-likeness (QED) is 0.752. The summed E-state index contributed by atoms with van der Waals surface area (Å²) in [7, 11) is 3.02. The van der Waals surface area contributed by atoms with Crippen molar-refractivity contribution in [2.45, 2.75) is 32.7 Å². The summed E-state index contributed by atoms with van der Waals surface area (Å²) in [6.07, 6.45) is 2.12. The highest BCUT2D eigenvalue weighted by Gasteiger charge is 2.28. The molecule has 6 heteroatoms. The second-order valence-electron chi connectivity index (χ2n) is 5.70. The number of hydrogen-bond acceptors (Lipinski definition) is 4. The summed E-state index contributed by atoms with van der Waals surface area (Å²) in [6, 6.07) is 2.19. The van der Waals surface area contributed by atoms with Crippen LogP contribution < -0.4 is 16.1 Å². The van der Waals surface area contributed by atoms with E-state index in [1.54, 1.807) is 7.05 Å². The molecule has 0 spiro atoms. The fourth-order valence-electron chi connectivity index (χ4n) is 2.85. The van der Waals surface area contributed by atoms with Crippen molar-refractivity contribution in [3.63, 3.8) is 0 Å². The van der Waals surface area contributed by atoms with Gasteiger partial charge in [-0.2, -0.15) is 5.26 Å². The Morgan fingerprint density at radius 3 is 2.40 bits per heavy atom. The molecule has 20 heavy (non-hydrogen) atoms. The number of piperidine rings is 1. The Labute approximate surface area is 117 Å². The molecule has 0 radical (unpaired) electrons. The Balaban J connectivity index is 2.71. The fourth-order valence-corrected chi connectivity index (χ4v) is 2.85. The minimum Gasteiger partial charge on any atom is -0.354 e. The van der Waals surface area contributed by atoms with Gasteiger partial charge in [-0.05, 0) is 25.7 Å². The van der Waals surface area contributed by atoms with Crippen molar-refractivity contribution in [2.75, 3.05) is 11.4 Å². The van der Waals surface area contributed by atoms with E-state index >= 15 is 0 Å². The SMILES string of the molecule is CC1CCC(C)N(c2c(C#N)c(=O)n(C)c(=O)n2C)C1. The van der Waals surface area contributed by atoms with Crippen LogP contribution in [0.5, 0.6) is 0 Å². The van der Waals surface area contributed by atoms with Gasteiger partial charge in [0, 0.05) is 26.7 Å². The van der Waals surface area contributed by atoms with E-state index in [4.69, 9.17) is 0 Å². The summed E-state index contributed by atoms with van der Waals surface area (Å²) < 4.78 is 2.40. The van der Waals surface area contributed by atoms with Crippen molar-refractivity contribution in [2.24, 2.45) is 20.0 Å². The lowest BCUT2D eigenvalue weighted by Gasteiger charge is -2.39. The molecule has 2 heterocycles.